The number of anilines is 3. The van der Waals surface area contributed by atoms with E-state index >= 15 is 0 Å². The van der Waals surface area contributed by atoms with Crippen LogP contribution in [0.2, 0.25) is 5.02 Å². The number of ketones is 1. The number of piperidine rings is 1. The van der Waals surface area contributed by atoms with Gasteiger partial charge < -0.3 is 14.7 Å². The van der Waals surface area contributed by atoms with Crippen molar-refractivity contribution in [2.75, 3.05) is 30.1 Å². The molecule has 0 aliphatic carbocycles. The number of nitrogens with zero attached hydrogens (tertiary/aromatic N) is 2. The molecular formula is C35H35Cl2N3O5. The SMILES string of the molecule is COc1cc(CC(=O)NN(c2ccc(-c3ccccc3)c(C(C)=O)c2)c2ccccc2N2CCCCC2)c(Cl)cc1C(=O)O.Cl. The summed E-state index contributed by atoms with van der Waals surface area (Å²) in [6.07, 6.45) is 3.19. The van der Waals surface area contributed by atoms with Gasteiger partial charge in [-0.3, -0.25) is 20.0 Å². The van der Waals surface area contributed by atoms with Crippen LogP contribution in [0, 0.1) is 0 Å². The molecule has 1 aliphatic rings. The molecule has 1 heterocycles. The van der Waals surface area contributed by atoms with Gasteiger partial charge in [0.1, 0.15) is 11.3 Å². The molecule has 0 bridgehead atoms. The molecule has 0 aromatic heterocycles. The molecule has 1 fully saturated rings. The third-order valence-corrected chi connectivity index (χ3v) is 8.08. The second kappa shape index (κ2) is 15.0. The minimum absolute atomic E-state index is 0. The minimum atomic E-state index is -1.18. The number of hydrazine groups is 1. The first kappa shape index (κ1) is 33.4. The molecule has 0 unspecified atom stereocenters. The lowest BCUT2D eigenvalue weighted by Gasteiger charge is -2.34. The number of Topliss-reactive ketones (excluding diaryl/α,β-unsaturated/α-hetero) is 1. The van der Waals surface area contributed by atoms with Gasteiger partial charge >= 0.3 is 5.97 Å². The fourth-order valence-corrected chi connectivity index (χ4v) is 5.79. The minimum Gasteiger partial charge on any atom is -0.496 e. The number of hydrogen-bond donors (Lipinski definition) is 2. The van der Waals surface area contributed by atoms with Crippen LogP contribution >= 0.6 is 24.0 Å². The molecule has 1 aliphatic heterocycles. The second-order valence-electron chi connectivity index (χ2n) is 10.7. The summed E-state index contributed by atoms with van der Waals surface area (Å²) < 4.78 is 5.25. The van der Waals surface area contributed by atoms with E-state index in [1.807, 2.05) is 66.7 Å². The molecule has 4 aromatic carbocycles. The first-order chi connectivity index (χ1) is 21.3. The molecule has 5 rings (SSSR count). The summed E-state index contributed by atoms with van der Waals surface area (Å²) in [4.78, 5) is 40.5. The highest BCUT2D eigenvalue weighted by atomic mass is 35.5. The van der Waals surface area contributed by atoms with Crippen molar-refractivity contribution in [1.29, 1.82) is 0 Å². The number of carbonyl (C=O) groups excluding carboxylic acids is 2. The Bertz CT molecular complexity index is 1690. The number of benzene rings is 4. The van der Waals surface area contributed by atoms with Crippen LogP contribution in [-0.4, -0.2) is 43.0 Å². The number of carboxylic acid groups (broad SMARTS) is 1. The van der Waals surface area contributed by atoms with E-state index in [1.165, 1.54) is 32.6 Å². The summed E-state index contributed by atoms with van der Waals surface area (Å²) in [7, 11) is 1.37. The third-order valence-electron chi connectivity index (χ3n) is 7.73. The van der Waals surface area contributed by atoms with Gasteiger partial charge in [0, 0.05) is 23.7 Å². The lowest BCUT2D eigenvalue weighted by atomic mass is 9.96. The Balaban J connectivity index is 0.00000461. The molecule has 0 saturated carbocycles. The summed E-state index contributed by atoms with van der Waals surface area (Å²) >= 11 is 6.42. The van der Waals surface area contributed by atoms with Gasteiger partial charge in [-0.25, -0.2) is 4.79 Å². The second-order valence-corrected chi connectivity index (χ2v) is 11.1. The largest absolute Gasteiger partial charge is 0.496 e. The normalized spacial score (nSPS) is 12.6. The van der Waals surface area contributed by atoms with Crippen molar-refractivity contribution < 1.29 is 24.2 Å². The van der Waals surface area contributed by atoms with Gasteiger partial charge in [-0.1, -0.05) is 60.1 Å². The lowest BCUT2D eigenvalue weighted by Crippen LogP contribution is -2.41. The van der Waals surface area contributed by atoms with Crippen molar-refractivity contribution in [2.24, 2.45) is 0 Å². The number of amides is 1. The zero-order valence-electron chi connectivity index (χ0n) is 25.1. The number of halogens is 2. The number of methoxy groups -OCH3 is 1. The van der Waals surface area contributed by atoms with E-state index < -0.39 is 5.97 Å². The highest BCUT2D eigenvalue weighted by Crippen LogP contribution is 2.37. The summed E-state index contributed by atoms with van der Waals surface area (Å²) in [5.74, 6) is -1.55. The number of ether oxygens (including phenoxy) is 1. The molecule has 1 saturated heterocycles. The Morgan fingerprint density at radius 2 is 1.60 bits per heavy atom. The molecule has 0 atom stereocenters. The zero-order chi connectivity index (χ0) is 31.2. The Hall–Kier alpha value is -4.53. The molecule has 10 heteroatoms. The monoisotopic (exact) mass is 647 g/mol. The van der Waals surface area contributed by atoms with Gasteiger partial charge in [0.25, 0.3) is 0 Å². The van der Waals surface area contributed by atoms with E-state index in [0.717, 1.165) is 48.4 Å². The zero-order valence-corrected chi connectivity index (χ0v) is 26.7. The smallest absolute Gasteiger partial charge is 0.339 e. The Kier molecular flexibility index (Phi) is 11.1. The van der Waals surface area contributed by atoms with Crippen LogP contribution in [0.5, 0.6) is 5.75 Å². The number of rotatable bonds is 10. The first-order valence-electron chi connectivity index (χ1n) is 14.5. The predicted molar refractivity (Wildman–Crippen MR) is 181 cm³/mol. The summed E-state index contributed by atoms with van der Waals surface area (Å²) in [5, 5.41) is 11.4. The molecule has 0 spiro atoms. The average Bonchev–Trinajstić information content (AvgIpc) is 3.05. The van der Waals surface area contributed by atoms with E-state index in [0.29, 0.717) is 16.8 Å². The fourth-order valence-electron chi connectivity index (χ4n) is 5.56. The highest BCUT2D eigenvalue weighted by Gasteiger charge is 2.24. The van der Waals surface area contributed by atoms with Gasteiger partial charge in [-0.15, -0.1) is 12.4 Å². The number of carbonyl (C=O) groups is 3. The molecule has 4 aromatic rings. The summed E-state index contributed by atoms with van der Waals surface area (Å²) in [6, 6.07) is 25.9. The maximum atomic E-state index is 13.7. The van der Waals surface area contributed by atoms with E-state index in [9.17, 15) is 19.5 Å². The molecule has 1 amide bonds. The summed E-state index contributed by atoms with van der Waals surface area (Å²) in [5.41, 5.74) is 7.96. The quantitative estimate of drug-likeness (QED) is 0.134. The third kappa shape index (κ3) is 7.59. The fraction of sp³-hybridized carbons (Fsp3) is 0.229. The molecule has 8 nitrogen and oxygen atoms in total. The Morgan fingerprint density at radius 3 is 2.27 bits per heavy atom. The predicted octanol–water partition coefficient (Wildman–Crippen LogP) is 7.74. The van der Waals surface area contributed by atoms with Gasteiger partial charge in [-0.05, 0) is 79.3 Å². The summed E-state index contributed by atoms with van der Waals surface area (Å²) in [6.45, 7) is 3.33. The first-order valence-corrected chi connectivity index (χ1v) is 14.9. The number of nitrogens with one attached hydrogen (secondary N) is 1. The van der Waals surface area contributed by atoms with Gasteiger partial charge in [0.2, 0.25) is 5.91 Å². The topological polar surface area (TPSA) is 99.2 Å². The molecule has 45 heavy (non-hydrogen) atoms. The van der Waals surface area contributed by atoms with Crippen LogP contribution in [0.25, 0.3) is 11.1 Å². The van der Waals surface area contributed by atoms with Gasteiger partial charge in [0.15, 0.2) is 5.78 Å². The van der Waals surface area contributed by atoms with Crippen LogP contribution in [0.3, 0.4) is 0 Å². The Morgan fingerprint density at radius 1 is 0.911 bits per heavy atom. The number of carboxylic acids is 1. The maximum Gasteiger partial charge on any atom is 0.339 e. The number of aromatic carboxylic acids is 1. The van der Waals surface area contributed by atoms with Crippen LogP contribution in [0.4, 0.5) is 17.1 Å². The van der Waals surface area contributed by atoms with Crippen molar-refractivity contribution in [1.82, 2.24) is 5.43 Å². The van der Waals surface area contributed by atoms with Crippen LogP contribution in [-0.2, 0) is 11.2 Å². The standard InChI is InChI=1S/C35H34ClN3O5.ClH/c1-23(40)28-21-26(15-16-27(28)24-11-5-3-6-12-24)39(32-14-8-7-13-31(32)38-17-9-4-10-18-38)37-34(41)20-25-19-33(44-2)29(35(42)43)22-30(25)36;/h3,5-8,11-16,19,21-22H,4,9-10,17-18,20H2,1-2H3,(H,37,41)(H,42,43);1H. The van der Waals surface area contributed by atoms with Crippen LogP contribution < -0.4 is 20.1 Å². The van der Waals surface area contributed by atoms with Crippen LogP contribution in [0.1, 0.15) is 52.5 Å². The number of hydrogen-bond acceptors (Lipinski definition) is 6. The Labute approximate surface area is 273 Å². The van der Waals surface area contributed by atoms with Crippen molar-refractivity contribution in [3.8, 4) is 16.9 Å². The van der Waals surface area contributed by atoms with E-state index in [-0.39, 0.29) is 46.9 Å². The van der Waals surface area contributed by atoms with Gasteiger partial charge in [-0.2, -0.15) is 0 Å². The molecular weight excluding hydrogens is 613 g/mol. The molecule has 0 radical (unpaired) electrons. The molecule has 234 valence electrons. The highest BCUT2D eigenvalue weighted by molar-refractivity contribution is 6.32. The lowest BCUT2D eigenvalue weighted by molar-refractivity contribution is -0.120. The van der Waals surface area contributed by atoms with Gasteiger partial charge in [0.05, 0.1) is 30.6 Å². The maximum absolute atomic E-state index is 13.7. The number of para-hydroxylation sites is 2. The van der Waals surface area contributed by atoms with Crippen molar-refractivity contribution >= 4 is 58.7 Å². The van der Waals surface area contributed by atoms with E-state index in [1.54, 1.807) is 11.1 Å². The van der Waals surface area contributed by atoms with E-state index in [2.05, 4.69) is 10.3 Å². The van der Waals surface area contributed by atoms with Crippen LogP contribution in [0.15, 0.2) is 84.9 Å². The average molecular weight is 649 g/mol. The van der Waals surface area contributed by atoms with E-state index in [4.69, 9.17) is 16.3 Å². The van der Waals surface area contributed by atoms with Crippen molar-refractivity contribution in [3.05, 3.63) is 107 Å². The van der Waals surface area contributed by atoms with Crippen molar-refractivity contribution in [2.45, 2.75) is 32.6 Å². The van der Waals surface area contributed by atoms with Crippen molar-refractivity contribution in [3.63, 3.8) is 0 Å². The molecule has 2 N–H and O–H groups in total.